The van der Waals surface area contributed by atoms with Gasteiger partial charge in [0.2, 0.25) is 0 Å². The van der Waals surface area contributed by atoms with Gasteiger partial charge in [0.1, 0.15) is 10.9 Å². The summed E-state index contributed by atoms with van der Waals surface area (Å²) < 4.78 is 5.38. The van der Waals surface area contributed by atoms with E-state index in [0.29, 0.717) is 11.8 Å². The van der Waals surface area contributed by atoms with E-state index < -0.39 is 0 Å². The van der Waals surface area contributed by atoms with Crippen LogP contribution in [-0.4, -0.2) is 11.6 Å². The normalized spacial score (nSPS) is 10.4. The van der Waals surface area contributed by atoms with Gasteiger partial charge in [-0.25, -0.2) is 4.98 Å². The number of hydrogen-bond donors (Lipinski definition) is 0. The van der Waals surface area contributed by atoms with Gasteiger partial charge in [-0.3, -0.25) is 0 Å². The molecule has 0 aliphatic rings. The topological polar surface area (TPSA) is 22.1 Å². The summed E-state index contributed by atoms with van der Waals surface area (Å²) in [6.45, 7) is 2.64. The molecule has 3 heteroatoms. The highest BCUT2D eigenvalue weighted by molar-refractivity contribution is 6.30. The number of pyridine rings is 1. The first kappa shape index (κ1) is 9.28. The number of aromatic nitrogens is 1. The highest BCUT2D eigenvalue weighted by Gasteiger charge is 1.98. The van der Waals surface area contributed by atoms with Crippen LogP contribution in [-0.2, 0) is 0 Å². The van der Waals surface area contributed by atoms with E-state index in [-0.39, 0.29) is 0 Å². The zero-order valence-corrected chi connectivity index (χ0v) is 8.58. The lowest BCUT2D eigenvalue weighted by atomic mass is 10.2. The second-order valence-electron chi connectivity index (χ2n) is 2.95. The highest BCUT2D eigenvalue weighted by Crippen LogP contribution is 2.22. The third kappa shape index (κ3) is 1.80. The van der Waals surface area contributed by atoms with E-state index in [0.717, 1.165) is 16.5 Å². The van der Waals surface area contributed by atoms with Gasteiger partial charge in [0.25, 0.3) is 0 Å². The highest BCUT2D eigenvalue weighted by atomic mass is 35.5. The minimum atomic E-state index is 0.515. The summed E-state index contributed by atoms with van der Waals surface area (Å²) in [7, 11) is 0. The molecule has 2 aromatic rings. The molecule has 0 unspecified atom stereocenters. The van der Waals surface area contributed by atoms with E-state index in [1.54, 1.807) is 6.20 Å². The van der Waals surface area contributed by atoms with Gasteiger partial charge in [-0.2, -0.15) is 0 Å². The second-order valence-corrected chi connectivity index (χ2v) is 3.34. The molecule has 0 amide bonds. The fourth-order valence-corrected chi connectivity index (χ4v) is 1.52. The Morgan fingerprint density at radius 1 is 1.29 bits per heavy atom. The summed E-state index contributed by atoms with van der Waals surface area (Å²) in [5.74, 6) is 0.865. The van der Waals surface area contributed by atoms with E-state index in [2.05, 4.69) is 4.98 Å². The molecule has 2 nitrogen and oxygen atoms in total. The van der Waals surface area contributed by atoms with Crippen LogP contribution < -0.4 is 4.74 Å². The molecule has 72 valence electrons. The fourth-order valence-electron chi connectivity index (χ4n) is 1.35. The molecule has 1 aromatic heterocycles. The van der Waals surface area contributed by atoms with Gasteiger partial charge >= 0.3 is 0 Å². The molecule has 14 heavy (non-hydrogen) atoms. The smallest absolute Gasteiger partial charge is 0.129 e. The zero-order valence-electron chi connectivity index (χ0n) is 7.83. The third-order valence-electron chi connectivity index (χ3n) is 1.97. The first-order valence-electron chi connectivity index (χ1n) is 4.47. The number of benzene rings is 1. The molecule has 0 atom stereocenters. The molecule has 1 aromatic carbocycles. The summed E-state index contributed by atoms with van der Waals surface area (Å²) in [5, 5.41) is 2.63. The molecular formula is C11H10ClNO. The predicted octanol–water partition coefficient (Wildman–Crippen LogP) is 3.29. The van der Waals surface area contributed by atoms with Gasteiger partial charge in [-0.1, -0.05) is 17.7 Å². The summed E-state index contributed by atoms with van der Waals surface area (Å²) in [4.78, 5) is 4.02. The Morgan fingerprint density at radius 2 is 2.14 bits per heavy atom. The Bertz CT molecular complexity index is 456. The average Bonchev–Trinajstić information content (AvgIpc) is 2.19. The standard InChI is InChI=1S/C11H10ClNO/c1-2-14-10-4-3-8-6-11(12)13-7-9(8)5-10/h3-7H,2H2,1H3. The molecule has 0 aliphatic carbocycles. The quantitative estimate of drug-likeness (QED) is 0.705. The lowest BCUT2D eigenvalue weighted by Crippen LogP contribution is -1.90. The Labute approximate surface area is 87.5 Å². The van der Waals surface area contributed by atoms with Crippen LogP contribution in [0.3, 0.4) is 0 Å². The van der Waals surface area contributed by atoms with Crippen LogP contribution in [0.1, 0.15) is 6.92 Å². The van der Waals surface area contributed by atoms with Crippen LogP contribution in [0.2, 0.25) is 5.15 Å². The first-order chi connectivity index (χ1) is 6.79. The molecule has 2 rings (SSSR count). The zero-order chi connectivity index (χ0) is 9.97. The number of fused-ring (bicyclic) bond motifs is 1. The third-order valence-corrected chi connectivity index (χ3v) is 2.18. The summed E-state index contributed by atoms with van der Waals surface area (Å²) in [6.07, 6.45) is 1.75. The minimum absolute atomic E-state index is 0.515. The van der Waals surface area contributed by atoms with Gasteiger partial charge in [-0.15, -0.1) is 0 Å². The SMILES string of the molecule is CCOc1ccc2cc(Cl)ncc2c1. The Morgan fingerprint density at radius 3 is 2.93 bits per heavy atom. The van der Waals surface area contributed by atoms with Crippen molar-refractivity contribution < 1.29 is 4.74 Å². The minimum Gasteiger partial charge on any atom is -0.494 e. The lowest BCUT2D eigenvalue weighted by Gasteiger charge is -2.04. The van der Waals surface area contributed by atoms with E-state index in [4.69, 9.17) is 16.3 Å². The largest absolute Gasteiger partial charge is 0.494 e. The average molecular weight is 208 g/mol. The maximum atomic E-state index is 5.78. The molecule has 0 fully saturated rings. The van der Waals surface area contributed by atoms with Crippen LogP contribution in [0.25, 0.3) is 10.8 Å². The van der Waals surface area contributed by atoms with Crippen molar-refractivity contribution in [3.05, 3.63) is 35.6 Å². The molecule has 0 N–H and O–H groups in total. The predicted molar refractivity (Wildman–Crippen MR) is 57.9 cm³/mol. The van der Waals surface area contributed by atoms with Gasteiger partial charge in [-0.05, 0) is 30.5 Å². The molecular weight excluding hydrogens is 198 g/mol. The summed E-state index contributed by atoms with van der Waals surface area (Å²) in [5.41, 5.74) is 0. The van der Waals surface area contributed by atoms with E-state index in [1.165, 1.54) is 0 Å². The lowest BCUT2D eigenvalue weighted by molar-refractivity contribution is 0.341. The maximum Gasteiger partial charge on any atom is 0.129 e. The second kappa shape index (κ2) is 3.84. The van der Waals surface area contributed by atoms with Gasteiger partial charge < -0.3 is 4.74 Å². The monoisotopic (exact) mass is 207 g/mol. The van der Waals surface area contributed by atoms with E-state index in [9.17, 15) is 0 Å². The number of halogens is 1. The van der Waals surface area contributed by atoms with Crippen LogP contribution in [0, 0.1) is 0 Å². The van der Waals surface area contributed by atoms with E-state index in [1.807, 2.05) is 31.2 Å². The molecule has 1 heterocycles. The molecule has 0 spiro atoms. The van der Waals surface area contributed by atoms with Crippen molar-refractivity contribution in [1.29, 1.82) is 0 Å². The van der Waals surface area contributed by atoms with Gasteiger partial charge in [0.05, 0.1) is 6.61 Å². The van der Waals surface area contributed by atoms with Crippen molar-refractivity contribution in [2.75, 3.05) is 6.61 Å². The van der Waals surface area contributed by atoms with Crippen molar-refractivity contribution in [2.24, 2.45) is 0 Å². The molecule has 0 radical (unpaired) electrons. The number of nitrogens with zero attached hydrogens (tertiary/aromatic N) is 1. The van der Waals surface area contributed by atoms with Crippen molar-refractivity contribution in [1.82, 2.24) is 4.98 Å². The molecule has 0 bridgehead atoms. The Hall–Kier alpha value is -1.28. The number of hydrogen-bond acceptors (Lipinski definition) is 2. The Kier molecular flexibility index (Phi) is 2.55. The van der Waals surface area contributed by atoms with Gasteiger partial charge in [0, 0.05) is 11.6 Å². The van der Waals surface area contributed by atoms with Crippen LogP contribution in [0.15, 0.2) is 30.5 Å². The fraction of sp³-hybridized carbons (Fsp3) is 0.182. The number of ether oxygens (including phenoxy) is 1. The van der Waals surface area contributed by atoms with Crippen molar-refractivity contribution in [3.8, 4) is 5.75 Å². The maximum absolute atomic E-state index is 5.78. The van der Waals surface area contributed by atoms with Crippen LogP contribution >= 0.6 is 11.6 Å². The molecule has 0 aliphatic heterocycles. The van der Waals surface area contributed by atoms with Crippen molar-refractivity contribution in [2.45, 2.75) is 6.92 Å². The van der Waals surface area contributed by atoms with Crippen molar-refractivity contribution >= 4 is 22.4 Å². The number of rotatable bonds is 2. The van der Waals surface area contributed by atoms with E-state index >= 15 is 0 Å². The van der Waals surface area contributed by atoms with Crippen LogP contribution in [0.5, 0.6) is 5.75 Å². The Balaban J connectivity index is 2.50. The molecule has 0 saturated heterocycles. The summed E-state index contributed by atoms with van der Waals surface area (Å²) >= 11 is 5.78. The van der Waals surface area contributed by atoms with Crippen molar-refractivity contribution in [3.63, 3.8) is 0 Å². The molecule has 0 saturated carbocycles. The first-order valence-corrected chi connectivity index (χ1v) is 4.85. The summed E-state index contributed by atoms with van der Waals surface area (Å²) in [6, 6.07) is 7.71. The van der Waals surface area contributed by atoms with Crippen LogP contribution in [0.4, 0.5) is 0 Å². The van der Waals surface area contributed by atoms with Gasteiger partial charge in [0.15, 0.2) is 0 Å².